The zero-order valence-corrected chi connectivity index (χ0v) is 18.3. The molecule has 0 aliphatic carbocycles. The van der Waals surface area contributed by atoms with Crippen LogP contribution in [0, 0.1) is 6.92 Å². The zero-order valence-electron chi connectivity index (χ0n) is 17.6. The van der Waals surface area contributed by atoms with Crippen molar-refractivity contribution < 1.29 is 4.79 Å². The molecule has 0 radical (unpaired) electrons. The largest absolute Gasteiger partial charge is 0.404 e. The predicted octanol–water partition coefficient (Wildman–Crippen LogP) is 4.15. The molecular formula is C24H21ClN6O. The van der Waals surface area contributed by atoms with Gasteiger partial charge in [-0.3, -0.25) is 14.8 Å². The summed E-state index contributed by atoms with van der Waals surface area (Å²) < 4.78 is 1.94. The van der Waals surface area contributed by atoms with Gasteiger partial charge in [-0.15, -0.1) is 0 Å². The standard InChI is InChI=1S/C24H21ClN6O/c1-14-8-19-17(23(30-14)15-6-7-18(24(27)32)20(25)9-15)4-3-5-22(19)31-12-21(29-13-31)16(10-26)11-28-2/h3-13H,26H2,1-2H3,(H2,27,32). The molecule has 0 bridgehead atoms. The van der Waals surface area contributed by atoms with Crippen LogP contribution in [0.3, 0.4) is 0 Å². The van der Waals surface area contributed by atoms with E-state index in [0.29, 0.717) is 5.02 Å². The SMILES string of the molecule is CN=CC(=CN)c1cn(-c2cccc3c(-c4ccc(C(N)=O)c(Cl)c4)nc(C)cc23)cn1. The lowest BCUT2D eigenvalue weighted by Gasteiger charge is -2.13. The number of imidazole rings is 1. The Labute approximate surface area is 190 Å². The second-order valence-electron chi connectivity index (χ2n) is 7.22. The number of pyridine rings is 1. The molecule has 8 heteroatoms. The van der Waals surface area contributed by atoms with Crippen molar-refractivity contribution >= 4 is 40.1 Å². The van der Waals surface area contributed by atoms with E-state index in [4.69, 9.17) is 28.1 Å². The number of carbonyl (C=O) groups is 1. The van der Waals surface area contributed by atoms with Crippen LogP contribution in [0.1, 0.15) is 21.7 Å². The predicted molar refractivity (Wildman–Crippen MR) is 129 cm³/mol. The number of nitrogens with zero attached hydrogens (tertiary/aromatic N) is 4. The van der Waals surface area contributed by atoms with Crippen LogP contribution in [-0.4, -0.2) is 33.7 Å². The lowest BCUT2D eigenvalue weighted by atomic mass is 10.0. The van der Waals surface area contributed by atoms with E-state index in [1.54, 1.807) is 37.8 Å². The Bertz CT molecular complexity index is 1400. The first-order chi connectivity index (χ1) is 15.4. The molecule has 4 rings (SSSR count). The van der Waals surface area contributed by atoms with Crippen molar-refractivity contribution in [3.63, 3.8) is 0 Å². The summed E-state index contributed by atoms with van der Waals surface area (Å²) in [5.74, 6) is -0.569. The smallest absolute Gasteiger partial charge is 0.250 e. The molecule has 0 spiro atoms. The van der Waals surface area contributed by atoms with Crippen LogP contribution in [0.25, 0.3) is 33.3 Å². The van der Waals surface area contributed by atoms with Gasteiger partial charge in [0.2, 0.25) is 5.91 Å². The Morgan fingerprint density at radius 2 is 2.00 bits per heavy atom. The van der Waals surface area contributed by atoms with E-state index in [1.807, 2.05) is 42.0 Å². The minimum absolute atomic E-state index is 0.276. The Morgan fingerprint density at radius 1 is 1.19 bits per heavy atom. The number of nitrogens with two attached hydrogens (primary N) is 2. The molecular weight excluding hydrogens is 424 g/mol. The number of carbonyl (C=O) groups excluding carboxylic acids is 1. The quantitative estimate of drug-likeness (QED) is 0.450. The van der Waals surface area contributed by atoms with E-state index in [2.05, 4.69) is 9.98 Å². The number of fused-ring (bicyclic) bond motifs is 1. The number of benzene rings is 2. The lowest BCUT2D eigenvalue weighted by Crippen LogP contribution is -2.11. The van der Waals surface area contributed by atoms with Crippen LogP contribution >= 0.6 is 11.6 Å². The van der Waals surface area contributed by atoms with Crippen LogP contribution in [0.15, 0.2) is 66.2 Å². The van der Waals surface area contributed by atoms with Gasteiger partial charge in [0.1, 0.15) is 0 Å². The highest BCUT2D eigenvalue weighted by Crippen LogP contribution is 2.33. The number of primary amides is 1. The van der Waals surface area contributed by atoms with Crippen molar-refractivity contribution in [2.75, 3.05) is 7.05 Å². The molecule has 7 nitrogen and oxygen atoms in total. The molecule has 0 saturated carbocycles. The number of hydrogen-bond donors (Lipinski definition) is 2. The summed E-state index contributed by atoms with van der Waals surface area (Å²) in [7, 11) is 1.69. The Balaban J connectivity index is 1.89. The van der Waals surface area contributed by atoms with E-state index in [0.717, 1.165) is 44.7 Å². The summed E-state index contributed by atoms with van der Waals surface area (Å²) in [4.78, 5) is 24.8. The highest BCUT2D eigenvalue weighted by molar-refractivity contribution is 6.34. The number of aryl methyl sites for hydroxylation is 1. The van der Waals surface area contributed by atoms with Crippen LogP contribution in [-0.2, 0) is 0 Å². The molecule has 0 unspecified atom stereocenters. The summed E-state index contributed by atoms with van der Waals surface area (Å²) >= 11 is 6.30. The number of hydrogen-bond acceptors (Lipinski definition) is 5. The van der Waals surface area contributed by atoms with Gasteiger partial charge in [0, 0.05) is 53.3 Å². The summed E-state index contributed by atoms with van der Waals surface area (Å²) in [6, 6.07) is 13.1. The monoisotopic (exact) mass is 444 g/mol. The fourth-order valence-corrected chi connectivity index (χ4v) is 3.91. The summed E-state index contributed by atoms with van der Waals surface area (Å²) in [5.41, 5.74) is 16.2. The second-order valence-corrected chi connectivity index (χ2v) is 7.63. The first-order valence-corrected chi connectivity index (χ1v) is 10.2. The van der Waals surface area contributed by atoms with E-state index < -0.39 is 5.91 Å². The first kappa shape index (κ1) is 21.3. The summed E-state index contributed by atoms with van der Waals surface area (Å²) in [6.07, 6.45) is 6.80. The molecule has 0 saturated heterocycles. The van der Waals surface area contributed by atoms with Crippen LogP contribution in [0.5, 0.6) is 0 Å². The molecule has 0 atom stereocenters. The van der Waals surface area contributed by atoms with Gasteiger partial charge in [-0.25, -0.2) is 4.98 Å². The molecule has 0 aliphatic rings. The van der Waals surface area contributed by atoms with Crippen molar-refractivity contribution in [3.05, 3.63) is 83.2 Å². The van der Waals surface area contributed by atoms with Gasteiger partial charge in [-0.1, -0.05) is 29.8 Å². The number of allylic oxidation sites excluding steroid dienone is 1. The Kier molecular flexibility index (Phi) is 5.75. The highest BCUT2D eigenvalue weighted by Gasteiger charge is 2.14. The van der Waals surface area contributed by atoms with E-state index in [-0.39, 0.29) is 5.56 Å². The first-order valence-electron chi connectivity index (χ1n) is 9.81. The van der Waals surface area contributed by atoms with Crippen LogP contribution in [0.4, 0.5) is 0 Å². The van der Waals surface area contributed by atoms with Gasteiger partial charge < -0.3 is 16.0 Å². The van der Waals surface area contributed by atoms with Crippen molar-refractivity contribution in [1.82, 2.24) is 14.5 Å². The molecule has 32 heavy (non-hydrogen) atoms. The van der Waals surface area contributed by atoms with Gasteiger partial charge in [-0.2, -0.15) is 0 Å². The van der Waals surface area contributed by atoms with Crippen LogP contribution in [0.2, 0.25) is 5.02 Å². The topological polar surface area (TPSA) is 112 Å². The molecule has 2 aromatic heterocycles. The third kappa shape index (κ3) is 3.86. The highest BCUT2D eigenvalue weighted by atomic mass is 35.5. The normalized spacial score (nSPS) is 12.0. The molecule has 0 aliphatic heterocycles. The fourth-order valence-electron chi connectivity index (χ4n) is 3.63. The lowest BCUT2D eigenvalue weighted by molar-refractivity contribution is 0.100. The van der Waals surface area contributed by atoms with Crippen molar-refractivity contribution in [3.8, 4) is 16.9 Å². The Hall–Kier alpha value is -3.97. The van der Waals surface area contributed by atoms with Crippen molar-refractivity contribution in [2.24, 2.45) is 16.5 Å². The van der Waals surface area contributed by atoms with Gasteiger partial charge >= 0.3 is 0 Å². The van der Waals surface area contributed by atoms with Crippen molar-refractivity contribution in [1.29, 1.82) is 0 Å². The number of rotatable bonds is 5. The number of halogens is 1. The number of aliphatic imine (C=N–C) groups is 1. The summed E-state index contributed by atoms with van der Waals surface area (Å²) in [5, 5.41) is 2.23. The van der Waals surface area contributed by atoms with E-state index in [9.17, 15) is 4.79 Å². The fraction of sp³-hybridized carbons (Fsp3) is 0.0833. The molecule has 1 amide bonds. The second kappa shape index (κ2) is 8.64. The average Bonchev–Trinajstić information content (AvgIpc) is 3.26. The van der Waals surface area contributed by atoms with Crippen molar-refractivity contribution in [2.45, 2.75) is 6.92 Å². The van der Waals surface area contributed by atoms with Gasteiger partial charge in [0.05, 0.1) is 34.0 Å². The maximum Gasteiger partial charge on any atom is 0.250 e. The van der Waals surface area contributed by atoms with Gasteiger partial charge in [0.25, 0.3) is 0 Å². The molecule has 4 aromatic rings. The summed E-state index contributed by atoms with van der Waals surface area (Å²) in [6.45, 7) is 1.94. The zero-order chi connectivity index (χ0) is 22.8. The van der Waals surface area contributed by atoms with E-state index in [1.165, 1.54) is 6.20 Å². The third-order valence-electron chi connectivity index (χ3n) is 5.09. The third-order valence-corrected chi connectivity index (χ3v) is 5.40. The minimum Gasteiger partial charge on any atom is -0.404 e. The van der Waals surface area contributed by atoms with E-state index >= 15 is 0 Å². The molecule has 2 heterocycles. The molecule has 0 fully saturated rings. The maximum atomic E-state index is 11.5. The maximum absolute atomic E-state index is 11.5. The van der Waals surface area contributed by atoms with Gasteiger partial charge in [0.15, 0.2) is 0 Å². The van der Waals surface area contributed by atoms with Crippen LogP contribution < -0.4 is 11.5 Å². The molecule has 160 valence electrons. The van der Waals surface area contributed by atoms with Gasteiger partial charge in [-0.05, 0) is 31.2 Å². The molecule has 2 aromatic carbocycles. The average molecular weight is 445 g/mol. The minimum atomic E-state index is -0.569. The number of amides is 1. The Morgan fingerprint density at radius 3 is 2.69 bits per heavy atom. The molecule has 4 N–H and O–H groups in total. The number of aromatic nitrogens is 3.